The summed E-state index contributed by atoms with van der Waals surface area (Å²) in [5.41, 5.74) is 3.18. The fraction of sp³-hybridized carbons (Fsp3) is 0.250. The second-order valence-electron chi connectivity index (χ2n) is 7.65. The Balaban J connectivity index is 1.51. The van der Waals surface area contributed by atoms with E-state index in [2.05, 4.69) is 34.1 Å². The molecule has 0 spiro atoms. The smallest absolute Gasteiger partial charge is 0.267 e. The molecule has 0 saturated carbocycles. The van der Waals surface area contributed by atoms with Gasteiger partial charge in [-0.2, -0.15) is 0 Å². The maximum Gasteiger partial charge on any atom is 0.267 e. The third-order valence-corrected chi connectivity index (χ3v) is 7.05. The van der Waals surface area contributed by atoms with E-state index in [1.807, 2.05) is 37.3 Å². The SMILES string of the molecule is CCOc1ccc(-n2c(=S)[nH]c3sc4c(c3c2=O)CCN(Cc2ccccc2)C4)cc1. The summed E-state index contributed by atoms with van der Waals surface area (Å²) in [7, 11) is 0. The molecule has 0 unspecified atom stereocenters. The van der Waals surface area contributed by atoms with Gasteiger partial charge in [0.2, 0.25) is 0 Å². The topological polar surface area (TPSA) is 50.3 Å². The first-order valence-electron chi connectivity index (χ1n) is 10.4. The third kappa shape index (κ3) is 3.84. The monoisotopic (exact) mass is 449 g/mol. The Morgan fingerprint density at radius 3 is 2.65 bits per heavy atom. The average molecular weight is 450 g/mol. The van der Waals surface area contributed by atoms with E-state index in [9.17, 15) is 4.79 Å². The van der Waals surface area contributed by atoms with Gasteiger partial charge in [0.1, 0.15) is 10.6 Å². The summed E-state index contributed by atoms with van der Waals surface area (Å²) >= 11 is 7.21. The number of benzene rings is 2. The highest BCUT2D eigenvalue weighted by molar-refractivity contribution is 7.71. The van der Waals surface area contributed by atoms with Crippen molar-refractivity contribution in [2.45, 2.75) is 26.4 Å². The van der Waals surface area contributed by atoms with Crippen LogP contribution in [0.1, 0.15) is 22.9 Å². The normalized spacial score (nSPS) is 14.0. The number of nitrogens with one attached hydrogen (secondary N) is 1. The Morgan fingerprint density at radius 2 is 1.90 bits per heavy atom. The van der Waals surface area contributed by atoms with Crippen LogP contribution in [0, 0.1) is 4.77 Å². The van der Waals surface area contributed by atoms with Gasteiger partial charge in [-0.3, -0.25) is 14.3 Å². The summed E-state index contributed by atoms with van der Waals surface area (Å²) in [4.78, 5) is 21.4. The van der Waals surface area contributed by atoms with E-state index < -0.39 is 0 Å². The first kappa shape index (κ1) is 20.2. The molecular weight excluding hydrogens is 426 g/mol. The molecule has 2 aromatic heterocycles. The summed E-state index contributed by atoms with van der Waals surface area (Å²) in [5.74, 6) is 0.779. The van der Waals surface area contributed by atoms with Gasteiger partial charge < -0.3 is 9.72 Å². The van der Waals surface area contributed by atoms with Crippen LogP contribution in [0.3, 0.4) is 0 Å². The van der Waals surface area contributed by atoms with Crippen LogP contribution in [0.5, 0.6) is 5.75 Å². The van der Waals surface area contributed by atoms with Crippen molar-refractivity contribution in [3.8, 4) is 11.4 Å². The summed E-state index contributed by atoms with van der Waals surface area (Å²) < 4.78 is 7.53. The maximum absolute atomic E-state index is 13.5. The van der Waals surface area contributed by atoms with Crippen LogP contribution in [0.15, 0.2) is 59.4 Å². The molecular formula is C24H23N3O2S2. The first-order chi connectivity index (χ1) is 15.1. The third-order valence-electron chi connectivity index (χ3n) is 5.63. The molecule has 158 valence electrons. The molecule has 1 N–H and O–H groups in total. The minimum atomic E-state index is -0.0445. The van der Waals surface area contributed by atoms with Gasteiger partial charge in [0.15, 0.2) is 4.77 Å². The number of rotatable bonds is 5. The maximum atomic E-state index is 13.5. The standard InChI is InChI=1S/C24H23N3O2S2/c1-2-29-18-10-8-17(9-11-18)27-23(28)21-19-12-13-26(14-16-6-4-3-5-7-16)15-20(19)31-22(21)25-24(27)30/h3-11H,2,12-15H2,1H3,(H,25,30). The Kier molecular flexibility index (Phi) is 5.48. The molecule has 0 atom stereocenters. The lowest BCUT2D eigenvalue weighted by Gasteiger charge is -2.26. The molecule has 0 amide bonds. The highest BCUT2D eigenvalue weighted by Crippen LogP contribution is 2.33. The molecule has 7 heteroatoms. The second kappa shape index (κ2) is 8.42. The van der Waals surface area contributed by atoms with Crippen molar-refractivity contribution < 1.29 is 4.74 Å². The van der Waals surface area contributed by atoms with Crippen molar-refractivity contribution >= 4 is 33.8 Å². The molecule has 5 rings (SSSR count). The zero-order valence-corrected chi connectivity index (χ0v) is 18.9. The van der Waals surface area contributed by atoms with Gasteiger partial charge in [-0.05, 0) is 61.0 Å². The van der Waals surface area contributed by atoms with Gasteiger partial charge in [-0.15, -0.1) is 11.3 Å². The fourth-order valence-corrected chi connectivity index (χ4v) is 5.83. The van der Waals surface area contributed by atoms with Crippen molar-refractivity contribution in [2.24, 2.45) is 0 Å². The number of aromatic nitrogens is 2. The van der Waals surface area contributed by atoms with Crippen LogP contribution in [-0.4, -0.2) is 27.6 Å². The minimum absolute atomic E-state index is 0.0445. The molecule has 31 heavy (non-hydrogen) atoms. The molecule has 0 bridgehead atoms. The largest absolute Gasteiger partial charge is 0.494 e. The molecule has 1 aliphatic rings. The zero-order valence-electron chi connectivity index (χ0n) is 17.3. The minimum Gasteiger partial charge on any atom is -0.494 e. The van der Waals surface area contributed by atoms with Crippen molar-refractivity contribution in [2.75, 3.05) is 13.2 Å². The molecule has 3 heterocycles. The number of ether oxygens (including phenoxy) is 1. The number of thiophene rings is 1. The number of H-pyrrole nitrogens is 1. The number of hydrogen-bond acceptors (Lipinski definition) is 5. The van der Waals surface area contributed by atoms with Crippen LogP contribution in [0.4, 0.5) is 0 Å². The lowest BCUT2D eigenvalue weighted by atomic mass is 10.0. The number of aromatic amines is 1. The van der Waals surface area contributed by atoms with Gasteiger partial charge >= 0.3 is 0 Å². The Hall–Kier alpha value is -2.74. The molecule has 0 radical (unpaired) electrons. The number of fused-ring (bicyclic) bond motifs is 3. The van der Waals surface area contributed by atoms with E-state index in [0.717, 1.165) is 47.7 Å². The summed E-state index contributed by atoms with van der Waals surface area (Å²) in [6.45, 7) is 5.26. The van der Waals surface area contributed by atoms with Crippen LogP contribution < -0.4 is 10.3 Å². The molecule has 0 aliphatic carbocycles. The molecule has 0 saturated heterocycles. The lowest BCUT2D eigenvalue weighted by molar-refractivity contribution is 0.249. The van der Waals surface area contributed by atoms with Gasteiger partial charge in [-0.25, -0.2) is 0 Å². The predicted molar refractivity (Wildman–Crippen MR) is 128 cm³/mol. The quantitative estimate of drug-likeness (QED) is 0.433. The summed E-state index contributed by atoms with van der Waals surface area (Å²) in [5, 5.41) is 0.779. The van der Waals surface area contributed by atoms with Crippen molar-refractivity contribution in [3.05, 3.63) is 85.7 Å². The van der Waals surface area contributed by atoms with Crippen molar-refractivity contribution in [3.63, 3.8) is 0 Å². The Labute approximate surface area is 189 Å². The highest BCUT2D eigenvalue weighted by Gasteiger charge is 2.24. The predicted octanol–water partition coefficient (Wildman–Crippen LogP) is 5.07. The summed E-state index contributed by atoms with van der Waals surface area (Å²) in [6.07, 6.45) is 0.866. The van der Waals surface area contributed by atoms with Gasteiger partial charge in [-0.1, -0.05) is 30.3 Å². The van der Waals surface area contributed by atoms with Crippen molar-refractivity contribution in [1.29, 1.82) is 0 Å². The van der Waals surface area contributed by atoms with Crippen LogP contribution in [-0.2, 0) is 19.5 Å². The highest BCUT2D eigenvalue weighted by atomic mass is 32.1. The van der Waals surface area contributed by atoms with Crippen molar-refractivity contribution in [1.82, 2.24) is 14.5 Å². The Morgan fingerprint density at radius 1 is 1.13 bits per heavy atom. The first-order valence-corrected chi connectivity index (χ1v) is 11.7. The molecule has 5 nitrogen and oxygen atoms in total. The summed E-state index contributed by atoms with van der Waals surface area (Å²) in [6, 6.07) is 18.0. The van der Waals surface area contributed by atoms with Crippen LogP contribution in [0.2, 0.25) is 0 Å². The second-order valence-corrected chi connectivity index (χ2v) is 9.14. The van der Waals surface area contributed by atoms with E-state index in [0.29, 0.717) is 11.4 Å². The van der Waals surface area contributed by atoms with E-state index in [4.69, 9.17) is 17.0 Å². The molecule has 1 aliphatic heterocycles. The Bertz CT molecular complexity index is 1340. The van der Waals surface area contributed by atoms with E-state index >= 15 is 0 Å². The fourth-order valence-electron chi connectivity index (χ4n) is 4.20. The number of hydrogen-bond donors (Lipinski definition) is 1. The van der Waals surface area contributed by atoms with E-state index in [-0.39, 0.29) is 5.56 Å². The lowest BCUT2D eigenvalue weighted by Crippen LogP contribution is -2.30. The van der Waals surface area contributed by atoms with Gasteiger partial charge in [0, 0.05) is 24.5 Å². The number of nitrogens with zero attached hydrogens (tertiary/aromatic N) is 2. The van der Waals surface area contributed by atoms with Gasteiger partial charge in [0.25, 0.3) is 5.56 Å². The van der Waals surface area contributed by atoms with E-state index in [1.54, 1.807) is 15.9 Å². The molecule has 2 aromatic carbocycles. The molecule has 4 aromatic rings. The molecule has 0 fully saturated rings. The van der Waals surface area contributed by atoms with Gasteiger partial charge in [0.05, 0.1) is 17.7 Å². The van der Waals surface area contributed by atoms with E-state index in [1.165, 1.54) is 16.0 Å². The van der Waals surface area contributed by atoms with Crippen LogP contribution >= 0.6 is 23.6 Å². The zero-order chi connectivity index (χ0) is 21.4. The van der Waals surface area contributed by atoms with Crippen LogP contribution in [0.25, 0.3) is 15.9 Å². The average Bonchev–Trinajstić information content (AvgIpc) is 3.13.